The summed E-state index contributed by atoms with van der Waals surface area (Å²) in [4.78, 5) is 20.4. The van der Waals surface area contributed by atoms with Gasteiger partial charge in [0.1, 0.15) is 0 Å². The molecule has 4 nitrogen and oxygen atoms in total. The molecule has 5 heteroatoms. The van der Waals surface area contributed by atoms with Crippen LogP contribution in [0.5, 0.6) is 0 Å². The molecule has 0 aliphatic carbocycles. The van der Waals surface area contributed by atoms with Crippen LogP contribution in [-0.2, 0) is 20.4 Å². The molecule has 1 aromatic rings. The van der Waals surface area contributed by atoms with Crippen LogP contribution in [0.1, 0.15) is 20.7 Å². The summed E-state index contributed by atoms with van der Waals surface area (Å²) >= 11 is 0. The van der Waals surface area contributed by atoms with Gasteiger partial charge < -0.3 is 19.8 Å². The molecule has 0 aliphatic rings. The number of carbonyl (C=O) groups excluding carboxylic acids is 2. The molecule has 0 heterocycles. The van der Waals surface area contributed by atoms with Crippen LogP contribution in [0.2, 0.25) is 0 Å². The number of hydrogen-bond donors (Lipinski definition) is 0. The summed E-state index contributed by atoms with van der Waals surface area (Å²) in [6.07, 6.45) is 0. The van der Waals surface area contributed by atoms with Crippen molar-refractivity contribution in [1.82, 2.24) is 0 Å². The van der Waals surface area contributed by atoms with E-state index in [9.17, 15) is 19.8 Å². The Hall–Kier alpha value is -1.18. The molecule has 0 spiro atoms. The summed E-state index contributed by atoms with van der Waals surface area (Å²) in [5.74, 6) is -2.67. The fourth-order valence-corrected chi connectivity index (χ4v) is 0.742. The van der Waals surface area contributed by atoms with Crippen LogP contribution in [0.3, 0.4) is 0 Å². The van der Waals surface area contributed by atoms with Gasteiger partial charge in [0.15, 0.2) is 0 Å². The van der Waals surface area contributed by atoms with Crippen LogP contribution in [0, 0.1) is 0 Å². The number of carbonyl (C=O) groups is 2. The smallest absolute Gasteiger partial charge is 0.545 e. The minimum atomic E-state index is -1.33. The number of carboxylic acid groups (broad SMARTS) is 2. The second kappa shape index (κ2) is 4.75. The molecular weight excluding hydrogens is 267 g/mol. The second-order valence-corrected chi connectivity index (χ2v) is 2.15. The number of benzene rings is 1. The molecule has 0 aliphatic heterocycles. The van der Waals surface area contributed by atoms with Gasteiger partial charge in [-0.2, -0.15) is 0 Å². The van der Waals surface area contributed by atoms with Gasteiger partial charge >= 0.3 is 20.4 Å². The van der Waals surface area contributed by atoms with E-state index in [0.717, 1.165) is 24.3 Å². The number of carboxylic acids is 2. The Morgan fingerprint density at radius 1 is 0.846 bits per heavy atom. The summed E-state index contributed by atoms with van der Waals surface area (Å²) in [6, 6.07) is 4.61. The van der Waals surface area contributed by atoms with Crippen molar-refractivity contribution >= 4 is 11.9 Å². The van der Waals surface area contributed by atoms with E-state index in [1.165, 1.54) is 0 Å². The Labute approximate surface area is 87.9 Å². The Kier molecular flexibility index (Phi) is 4.32. The van der Waals surface area contributed by atoms with Crippen molar-refractivity contribution in [2.45, 2.75) is 0 Å². The van der Waals surface area contributed by atoms with E-state index in [2.05, 4.69) is 0 Å². The van der Waals surface area contributed by atoms with Crippen LogP contribution < -0.4 is 10.2 Å². The van der Waals surface area contributed by atoms with Gasteiger partial charge in [-0.1, -0.05) is 24.3 Å². The van der Waals surface area contributed by atoms with E-state index >= 15 is 0 Å². The second-order valence-electron chi connectivity index (χ2n) is 2.15. The zero-order valence-corrected chi connectivity index (χ0v) is 7.81. The van der Waals surface area contributed by atoms with Crippen molar-refractivity contribution in [3.05, 3.63) is 35.4 Å². The Morgan fingerprint density at radius 2 is 1.08 bits per heavy atom. The first-order valence-corrected chi connectivity index (χ1v) is 3.14. The summed E-state index contributed by atoms with van der Waals surface area (Å²) < 4.78 is 0. The Bertz CT molecular complexity index is 284. The summed E-state index contributed by atoms with van der Waals surface area (Å²) in [6.45, 7) is 0. The van der Waals surface area contributed by atoms with Crippen LogP contribution in [-0.4, -0.2) is 11.9 Å². The van der Waals surface area contributed by atoms with E-state index in [-0.39, 0.29) is 31.5 Å². The van der Waals surface area contributed by atoms with Crippen molar-refractivity contribution < 1.29 is 40.2 Å². The Morgan fingerprint density at radius 3 is 1.23 bits per heavy atom. The van der Waals surface area contributed by atoms with Crippen molar-refractivity contribution in [2.75, 3.05) is 0 Å². The maximum absolute atomic E-state index is 10.2. The first-order chi connectivity index (χ1) is 5.61. The molecule has 0 atom stereocenters. The van der Waals surface area contributed by atoms with Gasteiger partial charge in [0.25, 0.3) is 0 Å². The third-order valence-electron chi connectivity index (χ3n) is 1.36. The molecule has 0 amide bonds. The zero-order valence-electron chi connectivity index (χ0n) is 6.26. The minimum absolute atomic E-state index is 0. The third kappa shape index (κ3) is 2.98. The van der Waals surface area contributed by atoms with Gasteiger partial charge in [0, 0.05) is 0 Å². The van der Waals surface area contributed by atoms with E-state index in [1.54, 1.807) is 0 Å². The molecule has 13 heavy (non-hydrogen) atoms. The fourth-order valence-electron chi connectivity index (χ4n) is 0.742. The topological polar surface area (TPSA) is 80.3 Å². The largest absolute Gasteiger partial charge is 2.00 e. The third-order valence-corrected chi connectivity index (χ3v) is 1.36. The molecule has 0 fully saturated rings. The molecule has 0 saturated carbocycles. The monoisotopic (exact) mass is 270 g/mol. The van der Waals surface area contributed by atoms with Crippen molar-refractivity contribution in [3.63, 3.8) is 0 Å². The van der Waals surface area contributed by atoms with E-state index in [0.29, 0.717) is 0 Å². The standard InChI is InChI=1S/C8H6O4.Pd/c9-7(10)5-1-2-6(4-3-5)8(11)12;/h1-4H,(H,9,10)(H,11,12);/q;+2/p-2. The number of rotatable bonds is 2. The average molecular weight is 271 g/mol. The molecular formula is C8H4O4Pd. The van der Waals surface area contributed by atoms with Crippen LogP contribution >= 0.6 is 0 Å². The maximum Gasteiger partial charge on any atom is 2.00 e. The summed E-state index contributed by atoms with van der Waals surface area (Å²) in [7, 11) is 0. The molecule has 0 N–H and O–H groups in total. The zero-order chi connectivity index (χ0) is 9.14. The van der Waals surface area contributed by atoms with E-state index in [1.807, 2.05) is 0 Å². The van der Waals surface area contributed by atoms with Gasteiger partial charge in [-0.05, 0) is 11.1 Å². The maximum atomic E-state index is 10.2. The fraction of sp³-hybridized carbons (Fsp3) is 0. The predicted molar refractivity (Wildman–Crippen MR) is 35.1 cm³/mol. The summed E-state index contributed by atoms with van der Waals surface area (Å²) in [5.41, 5.74) is -0.111. The average Bonchev–Trinajstić information content (AvgIpc) is 2.04. The van der Waals surface area contributed by atoms with E-state index in [4.69, 9.17) is 0 Å². The van der Waals surface area contributed by atoms with Crippen molar-refractivity contribution in [1.29, 1.82) is 0 Å². The number of hydrogen-bond acceptors (Lipinski definition) is 4. The summed E-state index contributed by atoms with van der Waals surface area (Å²) in [5, 5.41) is 20.4. The quantitative estimate of drug-likeness (QED) is 0.607. The van der Waals surface area contributed by atoms with Crippen LogP contribution in [0.15, 0.2) is 24.3 Å². The van der Waals surface area contributed by atoms with Gasteiger partial charge in [0.2, 0.25) is 0 Å². The molecule has 1 aromatic carbocycles. The normalized spacial score (nSPS) is 8.62. The van der Waals surface area contributed by atoms with E-state index < -0.39 is 11.9 Å². The van der Waals surface area contributed by atoms with Gasteiger partial charge in [-0.25, -0.2) is 0 Å². The van der Waals surface area contributed by atoms with Gasteiger partial charge in [-0.3, -0.25) is 0 Å². The molecule has 1 rings (SSSR count). The molecule has 0 unspecified atom stereocenters. The number of aromatic carboxylic acids is 2. The predicted octanol–water partition coefficient (Wildman–Crippen LogP) is -1.59. The van der Waals surface area contributed by atoms with Crippen LogP contribution in [0.25, 0.3) is 0 Å². The molecule has 0 bridgehead atoms. The first-order valence-electron chi connectivity index (χ1n) is 3.14. The molecule has 0 saturated heterocycles. The molecule has 0 radical (unpaired) electrons. The van der Waals surface area contributed by atoms with Gasteiger partial charge in [0.05, 0.1) is 11.9 Å². The van der Waals surface area contributed by atoms with Gasteiger partial charge in [-0.15, -0.1) is 0 Å². The Balaban J connectivity index is 0.00000144. The van der Waals surface area contributed by atoms with Crippen molar-refractivity contribution in [3.8, 4) is 0 Å². The minimum Gasteiger partial charge on any atom is -0.545 e. The van der Waals surface area contributed by atoms with Crippen molar-refractivity contribution in [2.24, 2.45) is 0 Å². The van der Waals surface area contributed by atoms with Crippen LogP contribution in [0.4, 0.5) is 0 Å². The first kappa shape index (κ1) is 11.8. The SMILES string of the molecule is O=C([O-])c1ccc(C(=O)[O-])cc1.[Pd+2]. The molecule has 0 aromatic heterocycles. The molecule has 70 valence electrons.